The number of nitrogens with one attached hydrogen (secondary N) is 3. The zero-order chi connectivity index (χ0) is 10.4. The third kappa shape index (κ3) is 2.87. The molecule has 0 saturated heterocycles. The van der Waals surface area contributed by atoms with E-state index >= 15 is 0 Å². The third-order valence-corrected chi connectivity index (χ3v) is 1.39. The van der Waals surface area contributed by atoms with Crippen molar-refractivity contribution in [1.29, 1.82) is 0 Å². The zero-order valence-electron chi connectivity index (χ0n) is 7.41. The van der Waals surface area contributed by atoms with E-state index < -0.39 is 11.8 Å². The standard InChI is InChI=1S/C7H11N5O2/c8-1-2-9-6(13)7(14)12-5-3-10-11-4-5/h3-4H,1-2,8H2,(H,9,13)(H,10,11)(H,12,14). The highest BCUT2D eigenvalue weighted by molar-refractivity contribution is 6.39. The van der Waals surface area contributed by atoms with Crippen LogP contribution in [-0.2, 0) is 9.59 Å². The van der Waals surface area contributed by atoms with E-state index in [-0.39, 0.29) is 6.54 Å². The van der Waals surface area contributed by atoms with Gasteiger partial charge in [-0.2, -0.15) is 5.10 Å². The Morgan fingerprint density at radius 3 is 2.86 bits per heavy atom. The summed E-state index contributed by atoms with van der Waals surface area (Å²) in [7, 11) is 0. The smallest absolute Gasteiger partial charge is 0.313 e. The molecule has 0 aliphatic carbocycles. The summed E-state index contributed by atoms with van der Waals surface area (Å²) in [5.74, 6) is -1.45. The first kappa shape index (κ1) is 10.2. The summed E-state index contributed by atoms with van der Waals surface area (Å²) in [4.78, 5) is 22.1. The predicted octanol–water partition coefficient (Wildman–Crippen LogP) is -1.58. The van der Waals surface area contributed by atoms with Crippen LogP contribution in [0.3, 0.4) is 0 Å². The molecule has 0 fully saturated rings. The maximum atomic E-state index is 11.1. The third-order valence-electron chi connectivity index (χ3n) is 1.39. The zero-order valence-corrected chi connectivity index (χ0v) is 7.41. The highest BCUT2D eigenvalue weighted by atomic mass is 16.2. The number of carbonyl (C=O) groups excluding carboxylic acids is 2. The molecule has 7 heteroatoms. The summed E-state index contributed by atoms with van der Waals surface area (Å²) in [5.41, 5.74) is 5.59. The van der Waals surface area contributed by atoms with E-state index in [1.165, 1.54) is 12.4 Å². The fourth-order valence-electron chi connectivity index (χ4n) is 0.773. The van der Waals surface area contributed by atoms with E-state index in [1.807, 2.05) is 0 Å². The van der Waals surface area contributed by atoms with Gasteiger partial charge in [0.25, 0.3) is 0 Å². The highest BCUT2D eigenvalue weighted by Gasteiger charge is 2.12. The van der Waals surface area contributed by atoms with Crippen molar-refractivity contribution in [2.24, 2.45) is 5.73 Å². The lowest BCUT2D eigenvalue weighted by Gasteiger charge is -2.02. The lowest BCUT2D eigenvalue weighted by Crippen LogP contribution is -2.37. The van der Waals surface area contributed by atoms with Crippen LogP contribution in [-0.4, -0.2) is 35.1 Å². The van der Waals surface area contributed by atoms with E-state index in [4.69, 9.17) is 5.73 Å². The van der Waals surface area contributed by atoms with Crippen molar-refractivity contribution in [2.75, 3.05) is 18.4 Å². The van der Waals surface area contributed by atoms with E-state index in [2.05, 4.69) is 20.8 Å². The predicted molar refractivity (Wildman–Crippen MR) is 49.3 cm³/mol. The van der Waals surface area contributed by atoms with Crippen molar-refractivity contribution in [3.8, 4) is 0 Å². The molecule has 0 aromatic carbocycles. The molecule has 7 nitrogen and oxygen atoms in total. The van der Waals surface area contributed by atoms with Gasteiger partial charge in [0.2, 0.25) is 0 Å². The lowest BCUT2D eigenvalue weighted by molar-refractivity contribution is -0.136. The van der Waals surface area contributed by atoms with E-state index in [1.54, 1.807) is 0 Å². The van der Waals surface area contributed by atoms with Crippen LogP contribution in [0.2, 0.25) is 0 Å². The fourth-order valence-corrected chi connectivity index (χ4v) is 0.773. The molecule has 76 valence electrons. The van der Waals surface area contributed by atoms with Gasteiger partial charge in [-0.25, -0.2) is 0 Å². The van der Waals surface area contributed by atoms with Crippen molar-refractivity contribution in [1.82, 2.24) is 15.5 Å². The number of aromatic nitrogens is 2. The van der Waals surface area contributed by atoms with Gasteiger partial charge in [-0.05, 0) is 0 Å². The molecule has 0 atom stereocenters. The molecule has 0 saturated carbocycles. The second kappa shape index (κ2) is 4.97. The first-order valence-corrected chi connectivity index (χ1v) is 4.02. The van der Waals surface area contributed by atoms with Gasteiger partial charge in [-0.3, -0.25) is 14.7 Å². The van der Waals surface area contributed by atoms with E-state index in [0.29, 0.717) is 12.2 Å². The Morgan fingerprint density at radius 2 is 2.29 bits per heavy atom. The molecule has 1 heterocycles. The molecule has 0 spiro atoms. The Kier molecular flexibility index (Phi) is 3.62. The lowest BCUT2D eigenvalue weighted by atomic mass is 10.4. The molecule has 0 radical (unpaired) electrons. The van der Waals surface area contributed by atoms with Gasteiger partial charge >= 0.3 is 11.8 Å². The Morgan fingerprint density at radius 1 is 1.50 bits per heavy atom. The number of anilines is 1. The molecule has 0 bridgehead atoms. The largest absolute Gasteiger partial charge is 0.347 e. The highest BCUT2D eigenvalue weighted by Crippen LogP contribution is 1.99. The van der Waals surface area contributed by atoms with Crippen LogP contribution in [0.4, 0.5) is 5.69 Å². The molecule has 0 aliphatic heterocycles. The Labute approximate surface area is 80.1 Å². The molecule has 1 aromatic heterocycles. The second-order valence-corrected chi connectivity index (χ2v) is 2.49. The average Bonchev–Trinajstić information content (AvgIpc) is 2.66. The first-order valence-electron chi connectivity index (χ1n) is 4.02. The van der Waals surface area contributed by atoms with Crippen LogP contribution < -0.4 is 16.4 Å². The van der Waals surface area contributed by atoms with E-state index in [9.17, 15) is 9.59 Å². The Balaban J connectivity index is 2.38. The minimum atomic E-state index is -0.736. The van der Waals surface area contributed by atoms with Gasteiger partial charge in [-0.1, -0.05) is 0 Å². The van der Waals surface area contributed by atoms with Gasteiger partial charge < -0.3 is 16.4 Å². The molecular formula is C7H11N5O2. The SMILES string of the molecule is NCCNC(=O)C(=O)Nc1cn[nH]c1. The van der Waals surface area contributed by atoms with Crippen molar-refractivity contribution in [3.05, 3.63) is 12.4 Å². The first-order chi connectivity index (χ1) is 6.74. The topological polar surface area (TPSA) is 113 Å². The second-order valence-electron chi connectivity index (χ2n) is 2.49. The van der Waals surface area contributed by atoms with Crippen LogP contribution in [0, 0.1) is 0 Å². The number of rotatable bonds is 3. The number of aromatic amines is 1. The van der Waals surface area contributed by atoms with Crippen LogP contribution >= 0.6 is 0 Å². The number of nitrogens with zero attached hydrogens (tertiary/aromatic N) is 1. The number of hydrogen-bond acceptors (Lipinski definition) is 4. The maximum Gasteiger partial charge on any atom is 0.313 e. The minimum absolute atomic E-state index is 0.275. The molecule has 0 aliphatic rings. The van der Waals surface area contributed by atoms with Crippen molar-refractivity contribution in [3.63, 3.8) is 0 Å². The fraction of sp³-hybridized carbons (Fsp3) is 0.286. The summed E-state index contributed by atoms with van der Waals surface area (Å²) in [6.45, 7) is 0.572. The average molecular weight is 197 g/mol. The van der Waals surface area contributed by atoms with Gasteiger partial charge in [0.05, 0.1) is 11.9 Å². The number of nitrogens with two attached hydrogens (primary N) is 1. The molecule has 14 heavy (non-hydrogen) atoms. The quantitative estimate of drug-likeness (QED) is 0.438. The molecule has 2 amide bonds. The van der Waals surface area contributed by atoms with Gasteiger partial charge in [0, 0.05) is 19.3 Å². The van der Waals surface area contributed by atoms with Crippen molar-refractivity contribution in [2.45, 2.75) is 0 Å². The summed E-state index contributed by atoms with van der Waals surface area (Å²) in [6.07, 6.45) is 2.86. The molecule has 1 rings (SSSR count). The summed E-state index contributed by atoms with van der Waals surface area (Å²) < 4.78 is 0. The van der Waals surface area contributed by atoms with Crippen LogP contribution in [0.5, 0.6) is 0 Å². The Bertz CT molecular complexity index is 308. The van der Waals surface area contributed by atoms with E-state index in [0.717, 1.165) is 0 Å². The van der Waals surface area contributed by atoms with Crippen molar-refractivity contribution < 1.29 is 9.59 Å². The molecule has 5 N–H and O–H groups in total. The normalized spacial score (nSPS) is 9.50. The number of amides is 2. The summed E-state index contributed by atoms with van der Waals surface area (Å²) in [6, 6.07) is 0. The summed E-state index contributed by atoms with van der Waals surface area (Å²) in [5, 5.41) is 10.8. The van der Waals surface area contributed by atoms with Gasteiger partial charge in [0.1, 0.15) is 0 Å². The van der Waals surface area contributed by atoms with Crippen LogP contribution in [0.15, 0.2) is 12.4 Å². The molecular weight excluding hydrogens is 186 g/mol. The van der Waals surface area contributed by atoms with Crippen molar-refractivity contribution >= 4 is 17.5 Å². The molecule has 1 aromatic rings. The molecule has 0 unspecified atom stereocenters. The maximum absolute atomic E-state index is 11.1. The summed E-state index contributed by atoms with van der Waals surface area (Å²) >= 11 is 0. The Hall–Kier alpha value is -1.89. The number of H-pyrrole nitrogens is 1. The number of carbonyl (C=O) groups is 2. The van der Waals surface area contributed by atoms with Gasteiger partial charge in [0.15, 0.2) is 0 Å². The van der Waals surface area contributed by atoms with Gasteiger partial charge in [-0.15, -0.1) is 0 Å². The minimum Gasteiger partial charge on any atom is -0.347 e. The van der Waals surface area contributed by atoms with Crippen LogP contribution in [0.1, 0.15) is 0 Å². The number of hydrogen-bond donors (Lipinski definition) is 4. The monoisotopic (exact) mass is 197 g/mol. The van der Waals surface area contributed by atoms with Crippen LogP contribution in [0.25, 0.3) is 0 Å².